The third-order valence-corrected chi connectivity index (χ3v) is 5.66. The molecule has 174 valence electrons. The van der Waals surface area contributed by atoms with E-state index in [9.17, 15) is 18.0 Å². The van der Waals surface area contributed by atoms with Gasteiger partial charge in [-0.3, -0.25) is 9.89 Å². The van der Waals surface area contributed by atoms with Gasteiger partial charge >= 0.3 is 12.3 Å². The third-order valence-electron chi connectivity index (χ3n) is 5.66. The number of nitrogens with zero attached hydrogens (tertiary/aromatic N) is 4. The number of amides is 1. The van der Waals surface area contributed by atoms with Crippen molar-refractivity contribution >= 4 is 12.1 Å². The van der Waals surface area contributed by atoms with Gasteiger partial charge in [0.1, 0.15) is 11.6 Å². The number of piperazine rings is 1. The maximum Gasteiger partial charge on any atom is 0.410 e. The Labute approximate surface area is 177 Å². The summed E-state index contributed by atoms with van der Waals surface area (Å²) in [5, 5.41) is 3.37. The van der Waals surface area contributed by atoms with E-state index in [4.69, 9.17) is 4.74 Å². The monoisotopic (exact) mass is 435 g/mol. The first kappa shape index (κ1) is 24.6. The Bertz CT molecular complexity index is 590. The Morgan fingerprint density at radius 3 is 2.10 bits per heavy atom. The number of halogens is 3. The van der Waals surface area contributed by atoms with Crippen LogP contribution in [0, 0.1) is 5.92 Å². The van der Waals surface area contributed by atoms with Crippen LogP contribution in [0.5, 0.6) is 0 Å². The lowest BCUT2D eigenvalue weighted by molar-refractivity contribution is -0.181. The highest BCUT2D eigenvalue weighted by Gasteiger charge is 2.41. The van der Waals surface area contributed by atoms with Gasteiger partial charge in [-0.15, -0.1) is 0 Å². The number of alkyl halides is 3. The summed E-state index contributed by atoms with van der Waals surface area (Å²) >= 11 is 0. The minimum absolute atomic E-state index is 0.268. The van der Waals surface area contributed by atoms with Gasteiger partial charge in [0.2, 0.25) is 0 Å². The summed E-state index contributed by atoms with van der Waals surface area (Å²) in [5.74, 6) is 1.14. The average Bonchev–Trinajstić information content (AvgIpc) is 2.67. The molecule has 1 N–H and O–H groups in total. The molecule has 0 aromatic heterocycles. The van der Waals surface area contributed by atoms with E-state index in [0.29, 0.717) is 45.2 Å². The fraction of sp³-hybridized carbons (Fsp3) is 0.900. The number of nitrogens with one attached hydrogen (secondary N) is 1. The molecule has 1 atom stereocenters. The second kappa shape index (κ2) is 10.1. The molecule has 0 aliphatic carbocycles. The van der Waals surface area contributed by atoms with Gasteiger partial charge in [-0.1, -0.05) is 0 Å². The summed E-state index contributed by atoms with van der Waals surface area (Å²) in [7, 11) is 1.69. The van der Waals surface area contributed by atoms with Crippen LogP contribution >= 0.6 is 0 Å². The number of hydrogen-bond donors (Lipinski definition) is 1. The van der Waals surface area contributed by atoms with Crippen molar-refractivity contribution in [3.05, 3.63) is 0 Å². The van der Waals surface area contributed by atoms with Crippen LogP contribution in [0.2, 0.25) is 0 Å². The minimum Gasteiger partial charge on any atom is -0.444 e. The zero-order valence-electron chi connectivity index (χ0n) is 18.8. The molecule has 2 fully saturated rings. The van der Waals surface area contributed by atoms with Crippen molar-refractivity contribution < 1.29 is 22.7 Å². The zero-order valence-corrected chi connectivity index (χ0v) is 18.8. The van der Waals surface area contributed by atoms with Gasteiger partial charge in [0.15, 0.2) is 5.96 Å². The van der Waals surface area contributed by atoms with Crippen LogP contribution < -0.4 is 5.32 Å². The topological polar surface area (TPSA) is 60.4 Å². The molecule has 2 heterocycles. The van der Waals surface area contributed by atoms with Gasteiger partial charge in [-0.2, -0.15) is 13.2 Å². The number of likely N-dealkylation sites (tertiary alicyclic amines) is 1. The molecular weight excluding hydrogens is 399 g/mol. The maximum absolute atomic E-state index is 12.9. The Morgan fingerprint density at radius 2 is 1.63 bits per heavy atom. The number of aliphatic imine (C=N–C) groups is 1. The highest BCUT2D eigenvalue weighted by molar-refractivity contribution is 5.80. The summed E-state index contributed by atoms with van der Waals surface area (Å²) in [6.07, 6.45) is -2.72. The van der Waals surface area contributed by atoms with E-state index in [2.05, 4.69) is 10.3 Å². The second-order valence-corrected chi connectivity index (χ2v) is 9.08. The van der Waals surface area contributed by atoms with E-state index in [-0.39, 0.29) is 6.09 Å². The Morgan fingerprint density at radius 1 is 1.07 bits per heavy atom. The third kappa shape index (κ3) is 7.21. The molecule has 2 aliphatic rings. The molecule has 0 radical (unpaired) electrons. The van der Waals surface area contributed by atoms with Crippen molar-refractivity contribution in [3.63, 3.8) is 0 Å². The predicted molar refractivity (Wildman–Crippen MR) is 111 cm³/mol. The van der Waals surface area contributed by atoms with Crippen LogP contribution in [0.1, 0.15) is 40.5 Å². The Kier molecular flexibility index (Phi) is 8.24. The molecule has 1 unspecified atom stereocenters. The quantitative estimate of drug-likeness (QED) is 0.546. The summed E-state index contributed by atoms with van der Waals surface area (Å²) in [5.41, 5.74) is -0.496. The fourth-order valence-electron chi connectivity index (χ4n) is 3.74. The number of hydrogen-bond acceptors (Lipinski definition) is 4. The number of guanidine groups is 1. The van der Waals surface area contributed by atoms with E-state index in [1.54, 1.807) is 11.9 Å². The lowest BCUT2D eigenvalue weighted by Gasteiger charge is -2.40. The van der Waals surface area contributed by atoms with Crippen molar-refractivity contribution in [2.75, 3.05) is 52.9 Å². The van der Waals surface area contributed by atoms with Gasteiger partial charge in [0.05, 0.1) is 0 Å². The standard InChI is InChI=1S/C20H36F3N5O2/c1-15(20(21,22)23)26-10-12-27(13-11-26)17(24-5)25-14-16-6-8-28(9-7-16)18(29)30-19(2,3)4/h15-16H,6-14H2,1-5H3,(H,24,25). The molecule has 0 spiro atoms. The first-order valence-corrected chi connectivity index (χ1v) is 10.6. The summed E-state index contributed by atoms with van der Waals surface area (Å²) < 4.78 is 44.2. The summed E-state index contributed by atoms with van der Waals surface area (Å²) in [4.78, 5) is 21.7. The normalized spacial score (nSPS) is 21.5. The molecule has 0 aromatic rings. The van der Waals surface area contributed by atoms with E-state index in [1.165, 1.54) is 11.8 Å². The molecule has 10 heteroatoms. The van der Waals surface area contributed by atoms with Crippen molar-refractivity contribution in [3.8, 4) is 0 Å². The lowest BCUT2D eigenvalue weighted by atomic mass is 9.97. The van der Waals surface area contributed by atoms with Gasteiger partial charge in [-0.05, 0) is 46.5 Å². The van der Waals surface area contributed by atoms with Crippen molar-refractivity contribution in [1.82, 2.24) is 20.0 Å². The zero-order chi connectivity index (χ0) is 22.5. The molecule has 30 heavy (non-hydrogen) atoms. The number of ether oxygens (including phenoxy) is 1. The first-order chi connectivity index (χ1) is 13.9. The summed E-state index contributed by atoms with van der Waals surface area (Å²) in [6.45, 7) is 10.6. The second-order valence-electron chi connectivity index (χ2n) is 9.08. The fourth-order valence-corrected chi connectivity index (χ4v) is 3.74. The number of rotatable bonds is 3. The summed E-state index contributed by atoms with van der Waals surface area (Å²) in [6, 6.07) is -1.43. The van der Waals surface area contributed by atoms with E-state index in [0.717, 1.165) is 25.3 Å². The van der Waals surface area contributed by atoms with Crippen molar-refractivity contribution in [2.45, 2.75) is 58.4 Å². The predicted octanol–water partition coefficient (Wildman–Crippen LogP) is 2.78. The van der Waals surface area contributed by atoms with Crippen molar-refractivity contribution in [1.29, 1.82) is 0 Å². The van der Waals surface area contributed by atoms with Gasteiger partial charge in [-0.25, -0.2) is 4.79 Å². The highest BCUT2D eigenvalue weighted by atomic mass is 19.4. The first-order valence-electron chi connectivity index (χ1n) is 10.6. The van der Waals surface area contributed by atoms with E-state index in [1.807, 2.05) is 25.7 Å². The van der Waals surface area contributed by atoms with Crippen LogP contribution in [0.3, 0.4) is 0 Å². The molecule has 7 nitrogen and oxygen atoms in total. The Balaban J connectivity index is 1.74. The highest BCUT2D eigenvalue weighted by Crippen LogP contribution is 2.25. The molecule has 2 saturated heterocycles. The van der Waals surface area contributed by atoms with Gasteiger partial charge in [0, 0.05) is 52.9 Å². The van der Waals surface area contributed by atoms with Gasteiger partial charge in [0.25, 0.3) is 0 Å². The van der Waals surface area contributed by atoms with Crippen LogP contribution in [0.25, 0.3) is 0 Å². The molecule has 2 rings (SSSR count). The van der Waals surface area contributed by atoms with Crippen LogP contribution in [-0.4, -0.2) is 97.4 Å². The van der Waals surface area contributed by atoms with Crippen LogP contribution in [0.15, 0.2) is 4.99 Å². The molecule has 0 bridgehead atoms. The average molecular weight is 436 g/mol. The molecular formula is C20H36F3N5O2. The number of carbonyl (C=O) groups is 1. The molecule has 0 aromatic carbocycles. The number of piperidine rings is 1. The van der Waals surface area contributed by atoms with Crippen LogP contribution in [-0.2, 0) is 4.74 Å². The SMILES string of the molecule is CN=C(NCC1CCN(C(=O)OC(C)(C)C)CC1)N1CCN(C(C)C(F)(F)F)CC1. The Hall–Kier alpha value is -1.71. The smallest absolute Gasteiger partial charge is 0.410 e. The number of carbonyl (C=O) groups excluding carboxylic acids is 1. The minimum atomic E-state index is -4.20. The molecule has 2 aliphatic heterocycles. The van der Waals surface area contributed by atoms with Crippen molar-refractivity contribution in [2.24, 2.45) is 10.9 Å². The van der Waals surface area contributed by atoms with Crippen LogP contribution in [0.4, 0.5) is 18.0 Å². The van der Waals surface area contributed by atoms with E-state index < -0.39 is 17.8 Å². The largest absolute Gasteiger partial charge is 0.444 e. The van der Waals surface area contributed by atoms with E-state index >= 15 is 0 Å². The lowest BCUT2D eigenvalue weighted by Crippen LogP contribution is -2.57. The van der Waals surface area contributed by atoms with Gasteiger partial charge < -0.3 is 19.9 Å². The maximum atomic E-state index is 12.9. The molecule has 0 saturated carbocycles. The molecule has 1 amide bonds.